The Bertz CT molecular complexity index is 447. The van der Waals surface area contributed by atoms with Gasteiger partial charge < -0.3 is 5.73 Å². The van der Waals surface area contributed by atoms with E-state index in [4.69, 9.17) is 11.3 Å². The lowest BCUT2D eigenvalue weighted by Gasteiger charge is -1.98. The van der Waals surface area contributed by atoms with Crippen LogP contribution < -0.4 is 5.73 Å². The van der Waals surface area contributed by atoms with E-state index < -0.39 is 0 Å². The van der Waals surface area contributed by atoms with Crippen LogP contribution in [0.25, 0.3) is 10.4 Å². The second-order valence-corrected chi connectivity index (χ2v) is 3.08. The van der Waals surface area contributed by atoms with E-state index in [9.17, 15) is 0 Å². The van der Waals surface area contributed by atoms with Gasteiger partial charge >= 0.3 is 0 Å². The summed E-state index contributed by atoms with van der Waals surface area (Å²) in [5.74, 6) is 5.93. The lowest BCUT2D eigenvalue weighted by atomic mass is 10.1. The van der Waals surface area contributed by atoms with Gasteiger partial charge in [0, 0.05) is 29.1 Å². The number of anilines is 1. The molecule has 1 aromatic carbocycles. The summed E-state index contributed by atoms with van der Waals surface area (Å²) in [6.07, 6.45) is 0.568. The van der Waals surface area contributed by atoms with E-state index in [1.165, 1.54) is 0 Å². The third-order valence-electron chi connectivity index (χ3n) is 1.88. The van der Waals surface area contributed by atoms with Crippen molar-refractivity contribution >= 4 is 5.69 Å². The molecule has 0 amide bonds. The number of hydrogen-bond acceptors (Lipinski definition) is 2. The van der Waals surface area contributed by atoms with Crippen LogP contribution in [0.3, 0.4) is 0 Å². The van der Waals surface area contributed by atoms with Gasteiger partial charge in [0.1, 0.15) is 0 Å². The minimum absolute atomic E-state index is 0.408. The fraction of sp³-hybridized carbons (Fsp3) is 0.273. The van der Waals surface area contributed by atoms with E-state index in [2.05, 4.69) is 21.9 Å². The van der Waals surface area contributed by atoms with Crippen molar-refractivity contribution in [2.75, 3.05) is 12.3 Å². The van der Waals surface area contributed by atoms with E-state index in [0.29, 0.717) is 18.7 Å². The lowest BCUT2D eigenvalue weighted by Crippen LogP contribution is -1.88. The third-order valence-corrected chi connectivity index (χ3v) is 1.88. The van der Waals surface area contributed by atoms with E-state index in [1.807, 2.05) is 25.1 Å². The fourth-order valence-electron chi connectivity index (χ4n) is 1.08. The van der Waals surface area contributed by atoms with Crippen LogP contribution >= 0.6 is 0 Å². The van der Waals surface area contributed by atoms with Crippen molar-refractivity contribution in [1.82, 2.24) is 0 Å². The van der Waals surface area contributed by atoms with Crippen LogP contribution in [0.15, 0.2) is 23.3 Å². The Kier molecular flexibility index (Phi) is 4.08. The zero-order chi connectivity index (χ0) is 11.1. The normalized spacial score (nSPS) is 8.60. The number of hydrogen-bond donors (Lipinski definition) is 1. The van der Waals surface area contributed by atoms with Gasteiger partial charge in [-0.25, -0.2) is 0 Å². The van der Waals surface area contributed by atoms with Crippen molar-refractivity contribution in [2.45, 2.75) is 13.3 Å². The molecule has 0 atom stereocenters. The molecule has 0 saturated carbocycles. The molecule has 0 spiro atoms. The third kappa shape index (κ3) is 3.63. The monoisotopic (exact) mass is 200 g/mol. The number of nitrogens with zero attached hydrogens (tertiary/aromatic N) is 3. The van der Waals surface area contributed by atoms with Crippen molar-refractivity contribution in [3.63, 3.8) is 0 Å². The Morgan fingerprint density at radius 3 is 3.07 bits per heavy atom. The molecule has 76 valence electrons. The van der Waals surface area contributed by atoms with E-state index >= 15 is 0 Å². The molecule has 0 radical (unpaired) electrons. The van der Waals surface area contributed by atoms with Crippen LogP contribution in [0, 0.1) is 18.8 Å². The molecule has 1 aromatic rings. The molecule has 0 bridgehead atoms. The Hall–Kier alpha value is -2.11. The van der Waals surface area contributed by atoms with E-state index in [-0.39, 0.29) is 0 Å². The number of benzene rings is 1. The zero-order valence-electron chi connectivity index (χ0n) is 8.57. The summed E-state index contributed by atoms with van der Waals surface area (Å²) < 4.78 is 0. The maximum Gasteiger partial charge on any atom is 0.0367 e. The maximum absolute atomic E-state index is 8.06. The van der Waals surface area contributed by atoms with Crippen LogP contribution in [0.2, 0.25) is 0 Å². The highest BCUT2D eigenvalue weighted by Crippen LogP contribution is 2.10. The van der Waals surface area contributed by atoms with Crippen LogP contribution in [0.5, 0.6) is 0 Å². The molecular weight excluding hydrogens is 188 g/mol. The molecule has 0 aromatic heterocycles. The van der Waals surface area contributed by atoms with Crippen molar-refractivity contribution in [1.29, 1.82) is 0 Å². The van der Waals surface area contributed by atoms with Gasteiger partial charge in [0.15, 0.2) is 0 Å². The Morgan fingerprint density at radius 1 is 1.53 bits per heavy atom. The SMILES string of the molecule is Cc1ccc(N)cc1C#CCCN=[N+]=[N-]. The Morgan fingerprint density at radius 2 is 2.33 bits per heavy atom. The molecule has 0 heterocycles. The second kappa shape index (κ2) is 5.58. The minimum Gasteiger partial charge on any atom is -0.399 e. The van der Waals surface area contributed by atoms with Gasteiger partial charge in [0.05, 0.1) is 0 Å². The summed E-state index contributed by atoms with van der Waals surface area (Å²) in [5.41, 5.74) is 16.4. The lowest BCUT2D eigenvalue weighted by molar-refractivity contribution is 1.01. The first-order valence-electron chi connectivity index (χ1n) is 4.60. The Labute approximate surface area is 88.7 Å². The number of nitrogen functional groups attached to an aromatic ring is 1. The van der Waals surface area contributed by atoms with Crippen LogP contribution in [0.1, 0.15) is 17.5 Å². The molecule has 0 unspecified atom stereocenters. The average molecular weight is 200 g/mol. The predicted molar refractivity (Wildman–Crippen MR) is 61.1 cm³/mol. The second-order valence-electron chi connectivity index (χ2n) is 3.08. The molecule has 2 N–H and O–H groups in total. The van der Waals surface area contributed by atoms with Crippen molar-refractivity contribution in [3.05, 3.63) is 39.8 Å². The smallest absolute Gasteiger partial charge is 0.0367 e. The molecule has 0 saturated heterocycles. The molecule has 0 aliphatic rings. The topological polar surface area (TPSA) is 74.8 Å². The van der Waals surface area contributed by atoms with Gasteiger partial charge in [-0.1, -0.05) is 23.0 Å². The molecule has 1 rings (SSSR count). The zero-order valence-corrected chi connectivity index (χ0v) is 8.57. The predicted octanol–water partition coefficient (Wildman–Crippen LogP) is 2.63. The van der Waals surface area contributed by atoms with Crippen molar-refractivity contribution < 1.29 is 0 Å². The summed E-state index contributed by atoms with van der Waals surface area (Å²) >= 11 is 0. The molecule has 15 heavy (non-hydrogen) atoms. The quantitative estimate of drug-likeness (QED) is 0.195. The van der Waals surface area contributed by atoms with Gasteiger partial charge in [-0.05, 0) is 30.2 Å². The summed E-state index contributed by atoms with van der Waals surface area (Å²) in [4.78, 5) is 2.65. The van der Waals surface area contributed by atoms with Crippen molar-refractivity contribution in [2.24, 2.45) is 5.11 Å². The van der Waals surface area contributed by atoms with Gasteiger partial charge in [-0.2, -0.15) is 0 Å². The number of nitrogens with two attached hydrogens (primary N) is 1. The van der Waals surface area contributed by atoms with Gasteiger partial charge in [-0.15, -0.1) is 0 Å². The molecule has 4 heteroatoms. The van der Waals surface area contributed by atoms with E-state index in [1.54, 1.807) is 0 Å². The first kappa shape index (κ1) is 11.0. The standard InChI is InChI=1S/C11H12N4/c1-9-5-6-11(12)8-10(9)4-2-3-7-14-15-13/h5-6,8H,3,7,12H2,1H3. The highest BCUT2D eigenvalue weighted by Gasteiger charge is 1.93. The minimum atomic E-state index is 0.408. The van der Waals surface area contributed by atoms with Crippen LogP contribution in [-0.4, -0.2) is 6.54 Å². The van der Waals surface area contributed by atoms with Gasteiger partial charge in [0.25, 0.3) is 0 Å². The molecule has 4 nitrogen and oxygen atoms in total. The van der Waals surface area contributed by atoms with Gasteiger partial charge in [-0.3, -0.25) is 0 Å². The maximum atomic E-state index is 8.06. The highest BCUT2D eigenvalue weighted by molar-refractivity contribution is 5.51. The van der Waals surface area contributed by atoms with Crippen LogP contribution in [0.4, 0.5) is 5.69 Å². The van der Waals surface area contributed by atoms with E-state index in [0.717, 1.165) is 11.1 Å². The molecule has 0 fully saturated rings. The Balaban J connectivity index is 2.70. The van der Waals surface area contributed by atoms with Crippen LogP contribution in [-0.2, 0) is 0 Å². The summed E-state index contributed by atoms with van der Waals surface area (Å²) in [7, 11) is 0. The number of azide groups is 1. The fourth-order valence-corrected chi connectivity index (χ4v) is 1.08. The first-order valence-corrected chi connectivity index (χ1v) is 4.60. The highest BCUT2D eigenvalue weighted by atomic mass is 15.1. The average Bonchev–Trinajstić information content (AvgIpc) is 2.23. The summed E-state index contributed by atoms with van der Waals surface area (Å²) in [5, 5.41) is 3.40. The largest absolute Gasteiger partial charge is 0.399 e. The molecule has 0 aliphatic heterocycles. The molecule has 0 aliphatic carbocycles. The van der Waals surface area contributed by atoms with Crippen molar-refractivity contribution in [3.8, 4) is 11.8 Å². The first-order chi connectivity index (χ1) is 7.24. The van der Waals surface area contributed by atoms with Gasteiger partial charge in [0.2, 0.25) is 0 Å². The summed E-state index contributed by atoms with van der Waals surface area (Å²) in [6.45, 7) is 2.39. The molecular formula is C11H12N4. The number of rotatable bonds is 2. The number of aryl methyl sites for hydroxylation is 1. The summed E-state index contributed by atoms with van der Waals surface area (Å²) in [6, 6.07) is 5.63.